The molecule has 1 saturated heterocycles. The Kier molecular flexibility index (Phi) is 4.12. The molecule has 154 valence electrons. The number of benzene rings is 1. The van der Waals surface area contributed by atoms with Crippen LogP contribution in [0.3, 0.4) is 0 Å². The standard InChI is InChI=1S/C23H21BN4O3/c1-22(24)11-12-27(25-13-22)23(2)10-4-5-14-19-15(23)6-3-7-16(19)28(21(14)31)17-8-9-18(29)26-20(17)30/h3-7,10-13,17H,8-9H2,1-2H3,(H,26,29,30). The SMILES string of the molecule is [B]C1(C)C=CN(C2(C)C=CC=C3C(=O)N(C4CCC(=O)NC4=O)c4cccc2c43)N=C1. The van der Waals surface area contributed by atoms with Crippen molar-refractivity contribution >= 4 is 43.0 Å². The number of allylic oxidation sites excluding steroid dienone is 3. The van der Waals surface area contributed by atoms with Gasteiger partial charge in [-0.25, -0.2) is 0 Å². The third kappa shape index (κ3) is 2.89. The number of amides is 3. The zero-order valence-electron chi connectivity index (χ0n) is 17.3. The van der Waals surface area contributed by atoms with Crippen LogP contribution in [0.25, 0.3) is 5.57 Å². The number of carbonyl (C=O) groups excluding carboxylic acids is 3. The largest absolute Gasteiger partial charge is 0.295 e. The minimum absolute atomic E-state index is 0.205. The maximum atomic E-state index is 13.4. The second-order valence-corrected chi connectivity index (χ2v) is 8.70. The van der Waals surface area contributed by atoms with Crippen molar-refractivity contribution in [3.05, 3.63) is 59.8 Å². The number of hydrogen-bond acceptors (Lipinski definition) is 5. The van der Waals surface area contributed by atoms with Crippen LogP contribution in [-0.4, -0.2) is 42.8 Å². The van der Waals surface area contributed by atoms with Crippen LogP contribution in [-0.2, 0) is 19.9 Å². The molecule has 0 bridgehead atoms. The lowest BCUT2D eigenvalue weighted by Gasteiger charge is -2.39. The van der Waals surface area contributed by atoms with Crippen molar-refractivity contribution in [1.29, 1.82) is 0 Å². The third-order valence-electron chi connectivity index (χ3n) is 6.28. The Bertz CT molecular complexity index is 1130. The lowest BCUT2D eigenvalue weighted by atomic mass is 9.71. The predicted molar refractivity (Wildman–Crippen MR) is 118 cm³/mol. The fourth-order valence-electron chi connectivity index (χ4n) is 4.58. The van der Waals surface area contributed by atoms with E-state index in [1.54, 1.807) is 12.3 Å². The van der Waals surface area contributed by atoms with E-state index >= 15 is 0 Å². The van der Waals surface area contributed by atoms with E-state index in [4.69, 9.17) is 7.85 Å². The molecule has 1 aromatic rings. The highest BCUT2D eigenvalue weighted by molar-refractivity contribution is 6.35. The molecular weight excluding hydrogens is 391 g/mol. The van der Waals surface area contributed by atoms with Crippen molar-refractivity contribution in [2.45, 2.75) is 43.6 Å². The molecule has 3 amide bonds. The minimum Gasteiger partial charge on any atom is -0.295 e. The van der Waals surface area contributed by atoms with E-state index < -0.39 is 22.8 Å². The fraction of sp³-hybridized carbons (Fsp3) is 0.304. The molecule has 31 heavy (non-hydrogen) atoms. The number of nitrogens with one attached hydrogen (secondary N) is 1. The summed E-state index contributed by atoms with van der Waals surface area (Å²) in [5.74, 6) is -0.989. The first kappa shape index (κ1) is 19.5. The Hall–Kier alpha value is -3.42. The van der Waals surface area contributed by atoms with Crippen LogP contribution in [0.15, 0.2) is 53.8 Å². The lowest BCUT2D eigenvalue weighted by Crippen LogP contribution is -2.53. The first-order valence-electron chi connectivity index (χ1n) is 10.2. The van der Waals surface area contributed by atoms with Gasteiger partial charge in [0, 0.05) is 30.0 Å². The second kappa shape index (κ2) is 6.54. The van der Waals surface area contributed by atoms with Crippen LogP contribution in [0.4, 0.5) is 5.69 Å². The van der Waals surface area contributed by atoms with Crippen LogP contribution in [0.1, 0.15) is 37.8 Å². The minimum atomic E-state index is -0.717. The average Bonchev–Trinajstić information content (AvgIpc) is 2.89. The second-order valence-electron chi connectivity index (χ2n) is 8.70. The topological polar surface area (TPSA) is 82.1 Å². The fourth-order valence-corrected chi connectivity index (χ4v) is 4.58. The van der Waals surface area contributed by atoms with E-state index in [1.165, 1.54) is 4.90 Å². The van der Waals surface area contributed by atoms with Crippen LogP contribution < -0.4 is 10.2 Å². The van der Waals surface area contributed by atoms with E-state index in [9.17, 15) is 14.4 Å². The molecule has 1 aliphatic carbocycles. The van der Waals surface area contributed by atoms with E-state index in [0.29, 0.717) is 17.7 Å². The molecule has 1 aromatic carbocycles. The molecule has 3 heterocycles. The number of nitrogens with zero attached hydrogens (tertiary/aromatic N) is 3. The molecule has 0 spiro atoms. The molecule has 2 radical (unpaired) electrons. The van der Waals surface area contributed by atoms with Gasteiger partial charge in [0.1, 0.15) is 11.6 Å². The normalized spacial score (nSPS) is 31.5. The highest BCUT2D eigenvalue weighted by Crippen LogP contribution is 2.48. The number of rotatable bonds is 2. The summed E-state index contributed by atoms with van der Waals surface area (Å²) in [5, 5.41) is 8.12. The number of anilines is 1. The van der Waals surface area contributed by atoms with E-state index in [2.05, 4.69) is 10.4 Å². The highest BCUT2D eigenvalue weighted by atomic mass is 16.2. The van der Waals surface area contributed by atoms with Crippen molar-refractivity contribution in [3.8, 4) is 0 Å². The Balaban J connectivity index is 1.63. The molecule has 5 rings (SSSR count). The molecular formula is C23H21BN4O3. The maximum Gasteiger partial charge on any atom is 0.259 e. The summed E-state index contributed by atoms with van der Waals surface area (Å²) in [4.78, 5) is 39.1. The summed E-state index contributed by atoms with van der Waals surface area (Å²) in [6.45, 7) is 3.89. The summed E-state index contributed by atoms with van der Waals surface area (Å²) < 4.78 is 0. The quantitative estimate of drug-likeness (QED) is 0.597. The summed E-state index contributed by atoms with van der Waals surface area (Å²) in [7, 11) is 6.13. The van der Waals surface area contributed by atoms with Gasteiger partial charge in [0.25, 0.3) is 5.91 Å². The first-order chi connectivity index (χ1) is 14.7. The first-order valence-corrected chi connectivity index (χ1v) is 10.2. The molecule has 4 aliphatic rings. The van der Waals surface area contributed by atoms with Crippen LogP contribution >= 0.6 is 0 Å². The summed E-state index contributed by atoms with van der Waals surface area (Å²) in [6.07, 6.45) is 11.6. The zero-order valence-corrected chi connectivity index (χ0v) is 17.3. The van der Waals surface area contributed by atoms with Crippen molar-refractivity contribution in [1.82, 2.24) is 10.3 Å². The van der Waals surface area contributed by atoms with Crippen molar-refractivity contribution in [3.63, 3.8) is 0 Å². The van der Waals surface area contributed by atoms with E-state index in [0.717, 1.165) is 11.1 Å². The summed E-state index contributed by atoms with van der Waals surface area (Å²) in [6, 6.07) is 4.98. The van der Waals surface area contributed by atoms with Crippen molar-refractivity contribution in [2.75, 3.05) is 4.90 Å². The van der Waals surface area contributed by atoms with E-state index in [-0.39, 0.29) is 18.2 Å². The maximum absolute atomic E-state index is 13.4. The zero-order chi connectivity index (χ0) is 22.0. The number of imide groups is 1. The molecule has 8 heteroatoms. The number of carbonyl (C=O) groups is 3. The number of hydrogen-bond donors (Lipinski definition) is 1. The number of piperidine rings is 1. The van der Waals surface area contributed by atoms with Crippen LogP contribution in [0.2, 0.25) is 5.31 Å². The number of hydrazone groups is 1. The van der Waals surface area contributed by atoms with Crippen LogP contribution in [0, 0.1) is 0 Å². The molecule has 0 saturated carbocycles. The summed E-state index contributed by atoms with van der Waals surface area (Å²) in [5.41, 5.74) is 2.22. The van der Waals surface area contributed by atoms with Crippen molar-refractivity contribution in [2.24, 2.45) is 5.10 Å². The van der Waals surface area contributed by atoms with Crippen LogP contribution in [0.5, 0.6) is 0 Å². The van der Waals surface area contributed by atoms with Gasteiger partial charge in [-0.05, 0) is 36.4 Å². The summed E-state index contributed by atoms with van der Waals surface area (Å²) >= 11 is 0. The molecule has 7 nitrogen and oxygen atoms in total. The Morgan fingerprint density at radius 3 is 2.71 bits per heavy atom. The average molecular weight is 412 g/mol. The Labute approximate surface area is 181 Å². The van der Waals surface area contributed by atoms with Gasteiger partial charge in [-0.15, -0.1) is 0 Å². The monoisotopic (exact) mass is 412 g/mol. The van der Waals surface area contributed by atoms with Gasteiger partial charge in [-0.1, -0.05) is 37.3 Å². The van der Waals surface area contributed by atoms with Gasteiger partial charge in [0.05, 0.1) is 13.5 Å². The molecule has 1 N–H and O–H groups in total. The Morgan fingerprint density at radius 2 is 2.00 bits per heavy atom. The molecule has 3 unspecified atom stereocenters. The molecule has 3 aliphatic heterocycles. The van der Waals surface area contributed by atoms with Gasteiger partial charge in [0.15, 0.2) is 0 Å². The highest BCUT2D eigenvalue weighted by Gasteiger charge is 2.46. The van der Waals surface area contributed by atoms with Gasteiger partial charge < -0.3 is 0 Å². The third-order valence-corrected chi connectivity index (χ3v) is 6.28. The molecule has 1 fully saturated rings. The van der Waals surface area contributed by atoms with E-state index in [1.807, 2.05) is 61.5 Å². The molecule has 0 aromatic heterocycles. The van der Waals surface area contributed by atoms with Gasteiger partial charge in [0.2, 0.25) is 11.8 Å². The smallest absolute Gasteiger partial charge is 0.259 e. The Morgan fingerprint density at radius 1 is 1.19 bits per heavy atom. The lowest BCUT2D eigenvalue weighted by molar-refractivity contribution is -0.135. The predicted octanol–water partition coefficient (Wildman–Crippen LogP) is 2.17. The van der Waals surface area contributed by atoms with Gasteiger partial charge in [-0.2, -0.15) is 5.10 Å². The van der Waals surface area contributed by atoms with Gasteiger partial charge in [-0.3, -0.25) is 29.6 Å². The molecule has 3 atom stereocenters. The van der Waals surface area contributed by atoms with Crippen molar-refractivity contribution < 1.29 is 14.4 Å². The van der Waals surface area contributed by atoms with Gasteiger partial charge >= 0.3 is 0 Å².